The van der Waals surface area contributed by atoms with Crippen molar-refractivity contribution < 1.29 is 9.53 Å². The number of aryl methyl sites for hydroxylation is 1. The summed E-state index contributed by atoms with van der Waals surface area (Å²) in [6, 6.07) is 5.90. The normalized spacial score (nSPS) is 11.2. The van der Waals surface area contributed by atoms with Gasteiger partial charge in [-0.1, -0.05) is 22.0 Å². The van der Waals surface area contributed by atoms with Crippen LogP contribution in [0.25, 0.3) is 17.1 Å². The number of carbonyl (C=O) groups is 1. The fourth-order valence-electron chi connectivity index (χ4n) is 1.69. The third-order valence-corrected chi connectivity index (χ3v) is 2.94. The van der Waals surface area contributed by atoms with Gasteiger partial charge in [-0.15, -0.1) is 0 Å². The maximum absolute atomic E-state index is 11.0. The molecule has 1 heterocycles. The van der Waals surface area contributed by atoms with Gasteiger partial charge in [0.05, 0.1) is 24.5 Å². The van der Waals surface area contributed by atoms with Gasteiger partial charge in [-0.2, -0.15) is 0 Å². The Hall–Kier alpha value is -1.62. The zero-order chi connectivity index (χ0) is 13.0. The molecule has 2 rings (SSSR count). The monoisotopic (exact) mass is 308 g/mol. The summed E-state index contributed by atoms with van der Waals surface area (Å²) in [5.41, 5.74) is 2.93. The highest BCUT2D eigenvalue weighted by Gasteiger charge is 2.02. The average Bonchev–Trinajstić information content (AvgIpc) is 2.79. The van der Waals surface area contributed by atoms with Crippen LogP contribution >= 0.6 is 15.9 Å². The summed E-state index contributed by atoms with van der Waals surface area (Å²) in [6.07, 6.45) is 4.94. The number of ether oxygens (including phenoxy) is 1. The maximum Gasteiger partial charge on any atom is 0.330 e. The molecule has 5 heteroatoms. The lowest BCUT2D eigenvalue weighted by Crippen LogP contribution is -1.96. The number of carbonyl (C=O) groups excluding carboxylic acids is 1. The van der Waals surface area contributed by atoms with Gasteiger partial charge < -0.3 is 9.30 Å². The molecule has 1 aromatic heterocycles. The van der Waals surface area contributed by atoms with Gasteiger partial charge in [-0.25, -0.2) is 9.78 Å². The Morgan fingerprint density at radius 2 is 2.39 bits per heavy atom. The van der Waals surface area contributed by atoms with Gasteiger partial charge in [0.2, 0.25) is 0 Å². The van der Waals surface area contributed by atoms with Crippen molar-refractivity contribution >= 4 is 39.0 Å². The summed E-state index contributed by atoms with van der Waals surface area (Å²) in [7, 11) is 1.36. The Morgan fingerprint density at radius 3 is 3.11 bits per heavy atom. The Morgan fingerprint density at radius 1 is 1.56 bits per heavy atom. The van der Waals surface area contributed by atoms with Crippen molar-refractivity contribution in [1.29, 1.82) is 0 Å². The van der Waals surface area contributed by atoms with E-state index in [1.807, 2.05) is 24.5 Å². The number of fused-ring (bicyclic) bond motifs is 1. The Labute approximate surface area is 113 Å². The van der Waals surface area contributed by atoms with Crippen molar-refractivity contribution in [3.63, 3.8) is 0 Å². The van der Waals surface area contributed by atoms with E-state index < -0.39 is 0 Å². The number of benzene rings is 1. The number of hydrogen-bond donors (Lipinski definition) is 0. The van der Waals surface area contributed by atoms with E-state index in [0.717, 1.165) is 28.5 Å². The number of hydrogen-bond acceptors (Lipinski definition) is 3. The average molecular weight is 309 g/mol. The molecule has 0 unspecified atom stereocenters. The topological polar surface area (TPSA) is 44.1 Å². The molecule has 2 aromatic rings. The van der Waals surface area contributed by atoms with E-state index in [0.29, 0.717) is 0 Å². The summed E-state index contributed by atoms with van der Waals surface area (Å²) >= 11 is 3.41. The lowest BCUT2D eigenvalue weighted by atomic mass is 10.2. The van der Waals surface area contributed by atoms with Gasteiger partial charge in [-0.05, 0) is 23.8 Å². The van der Waals surface area contributed by atoms with Crippen molar-refractivity contribution in [3.8, 4) is 0 Å². The van der Waals surface area contributed by atoms with Crippen molar-refractivity contribution in [2.45, 2.75) is 6.54 Å². The molecule has 0 aliphatic heterocycles. The minimum absolute atomic E-state index is 0.361. The SMILES string of the molecule is COC(=O)/C=C/c1ccc2c(c1)ncn2CCBr. The highest BCUT2D eigenvalue weighted by molar-refractivity contribution is 9.09. The maximum atomic E-state index is 11.0. The van der Waals surface area contributed by atoms with Crippen LogP contribution in [0.4, 0.5) is 0 Å². The van der Waals surface area contributed by atoms with Crippen molar-refractivity contribution in [2.24, 2.45) is 0 Å². The zero-order valence-electron chi connectivity index (χ0n) is 9.97. The second kappa shape index (κ2) is 5.82. The molecule has 0 spiro atoms. The summed E-state index contributed by atoms with van der Waals surface area (Å²) in [4.78, 5) is 15.3. The van der Waals surface area contributed by atoms with Gasteiger partial charge in [0.15, 0.2) is 0 Å². The second-order valence-electron chi connectivity index (χ2n) is 3.73. The lowest BCUT2D eigenvalue weighted by Gasteiger charge is -2.00. The molecule has 0 bridgehead atoms. The third kappa shape index (κ3) is 2.79. The molecule has 94 valence electrons. The Bertz CT molecular complexity index is 590. The second-order valence-corrected chi connectivity index (χ2v) is 4.52. The van der Waals surface area contributed by atoms with Crippen LogP contribution in [-0.2, 0) is 16.1 Å². The lowest BCUT2D eigenvalue weighted by molar-refractivity contribution is -0.134. The highest BCUT2D eigenvalue weighted by atomic mass is 79.9. The molecule has 0 aliphatic carbocycles. The van der Waals surface area contributed by atoms with Gasteiger partial charge in [0, 0.05) is 18.0 Å². The van der Waals surface area contributed by atoms with Crippen molar-refractivity contribution in [1.82, 2.24) is 9.55 Å². The Balaban J connectivity index is 2.28. The number of alkyl halides is 1. The van der Waals surface area contributed by atoms with Crippen LogP contribution in [0, 0.1) is 0 Å². The van der Waals surface area contributed by atoms with Gasteiger partial charge in [-0.3, -0.25) is 0 Å². The standard InChI is InChI=1S/C13H13BrN2O2/c1-18-13(17)5-3-10-2-4-12-11(8-10)15-9-16(12)7-6-14/h2-5,8-9H,6-7H2,1H3/b5-3+. The molecule has 0 amide bonds. The first-order chi connectivity index (χ1) is 8.74. The van der Waals surface area contributed by atoms with Crippen molar-refractivity contribution in [3.05, 3.63) is 36.2 Å². The largest absolute Gasteiger partial charge is 0.466 e. The molecular formula is C13H13BrN2O2. The fourth-order valence-corrected chi connectivity index (χ4v) is 2.07. The van der Waals surface area contributed by atoms with Gasteiger partial charge >= 0.3 is 5.97 Å². The molecule has 0 fully saturated rings. The third-order valence-electron chi connectivity index (χ3n) is 2.58. The minimum Gasteiger partial charge on any atom is -0.466 e. The Kier molecular flexibility index (Phi) is 4.15. The van der Waals surface area contributed by atoms with E-state index >= 15 is 0 Å². The number of nitrogens with zero attached hydrogens (tertiary/aromatic N) is 2. The van der Waals surface area contributed by atoms with Crippen LogP contribution in [0.5, 0.6) is 0 Å². The fraction of sp³-hybridized carbons (Fsp3) is 0.231. The quantitative estimate of drug-likeness (QED) is 0.495. The number of methoxy groups -OCH3 is 1. The smallest absolute Gasteiger partial charge is 0.330 e. The van der Waals surface area contributed by atoms with Crippen LogP contribution in [-0.4, -0.2) is 28.0 Å². The van der Waals surface area contributed by atoms with E-state index in [1.54, 1.807) is 6.08 Å². The number of imidazole rings is 1. The number of aromatic nitrogens is 2. The summed E-state index contributed by atoms with van der Waals surface area (Å²) in [5.74, 6) is -0.361. The molecule has 0 saturated carbocycles. The predicted molar refractivity (Wildman–Crippen MR) is 74.6 cm³/mol. The number of rotatable bonds is 4. The molecule has 0 saturated heterocycles. The molecule has 4 nitrogen and oxygen atoms in total. The summed E-state index contributed by atoms with van der Waals surface area (Å²) in [6.45, 7) is 0.883. The summed E-state index contributed by atoms with van der Waals surface area (Å²) in [5, 5.41) is 0.891. The molecule has 0 aliphatic rings. The molecule has 0 radical (unpaired) electrons. The van der Waals surface area contributed by atoms with Crippen LogP contribution in [0.3, 0.4) is 0 Å². The molecule has 18 heavy (non-hydrogen) atoms. The number of halogens is 1. The van der Waals surface area contributed by atoms with Gasteiger partial charge in [0.1, 0.15) is 0 Å². The van der Waals surface area contributed by atoms with Gasteiger partial charge in [0.25, 0.3) is 0 Å². The van der Waals surface area contributed by atoms with Crippen LogP contribution < -0.4 is 0 Å². The van der Waals surface area contributed by atoms with E-state index in [4.69, 9.17) is 0 Å². The summed E-state index contributed by atoms with van der Waals surface area (Å²) < 4.78 is 6.63. The first-order valence-corrected chi connectivity index (χ1v) is 6.63. The van der Waals surface area contributed by atoms with Crippen molar-refractivity contribution in [2.75, 3.05) is 12.4 Å². The first-order valence-electron chi connectivity index (χ1n) is 5.51. The van der Waals surface area contributed by atoms with Crippen LogP contribution in [0.15, 0.2) is 30.6 Å². The van der Waals surface area contributed by atoms with E-state index in [9.17, 15) is 4.79 Å². The van der Waals surface area contributed by atoms with E-state index in [-0.39, 0.29) is 5.97 Å². The minimum atomic E-state index is -0.361. The molecular weight excluding hydrogens is 296 g/mol. The first kappa shape index (κ1) is 12.8. The van der Waals surface area contributed by atoms with Crippen LogP contribution in [0.1, 0.15) is 5.56 Å². The molecule has 1 aromatic carbocycles. The zero-order valence-corrected chi connectivity index (χ0v) is 11.6. The van der Waals surface area contributed by atoms with E-state index in [1.165, 1.54) is 13.2 Å². The highest BCUT2D eigenvalue weighted by Crippen LogP contribution is 2.16. The van der Waals surface area contributed by atoms with Crippen LogP contribution in [0.2, 0.25) is 0 Å². The molecule has 0 atom stereocenters. The number of esters is 1. The van der Waals surface area contributed by atoms with E-state index in [2.05, 4.69) is 30.2 Å². The predicted octanol–water partition coefficient (Wildman–Crippen LogP) is 2.62. The molecule has 0 N–H and O–H groups in total.